The van der Waals surface area contributed by atoms with Crippen LogP contribution in [-0.2, 0) is 0 Å². The summed E-state index contributed by atoms with van der Waals surface area (Å²) in [5, 5.41) is 17.8. The highest BCUT2D eigenvalue weighted by atomic mass is 16.3. The van der Waals surface area contributed by atoms with Crippen molar-refractivity contribution in [3.8, 4) is 0 Å². The molecule has 0 heterocycles. The first-order chi connectivity index (χ1) is 10.3. The molecule has 0 atom stereocenters. The maximum atomic E-state index is 8.90. The van der Waals surface area contributed by atoms with Crippen molar-refractivity contribution in [3.63, 3.8) is 0 Å². The van der Waals surface area contributed by atoms with E-state index in [1.54, 1.807) is 0 Å². The molecule has 0 aromatic heterocycles. The Morgan fingerprint density at radius 3 is 1.67 bits per heavy atom. The fourth-order valence-electron chi connectivity index (χ4n) is 2.49. The number of nitrogens with zero attached hydrogens (tertiary/aromatic N) is 1. The average Bonchev–Trinajstić information content (AvgIpc) is 2.48. The van der Waals surface area contributed by atoms with Crippen molar-refractivity contribution in [1.29, 1.82) is 0 Å². The van der Waals surface area contributed by atoms with E-state index in [1.807, 2.05) is 11.1 Å². The Hall–Kier alpha value is -0.540. The van der Waals surface area contributed by atoms with Crippen LogP contribution in [0.3, 0.4) is 0 Å². The maximum absolute atomic E-state index is 8.90. The smallest absolute Gasteiger partial charge is 0.0606 e. The minimum atomic E-state index is 0.141. The molecule has 2 N–H and O–H groups in total. The fraction of sp³-hybridized carbons (Fsp3) is 0.889. The molecule has 0 amide bonds. The molecule has 0 aromatic carbocycles. The van der Waals surface area contributed by atoms with Gasteiger partial charge in [-0.1, -0.05) is 70.8 Å². The summed E-state index contributed by atoms with van der Waals surface area (Å²) in [5.41, 5.74) is 0. The minimum absolute atomic E-state index is 0.141. The fourth-order valence-corrected chi connectivity index (χ4v) is 2.49. The minimum Gasteiger partial charge on any atom is -0.395 e. The van der Waals surface area contributed by atoms with Crippen LogP contribution in [0.25, 0.3) is 0 Å². The highest BCUT2D eigenvalue weighted by molar-refractivity contribution is 4.82. The lowest BCUT2D eigenvalue weighted by Gasteiger charge is -2.17. The highest BCUT2D eigenvalue weighted by Gasteiger charge is 1.96. The van der Waals surface area contributed by atoms with Crippen LogP contribution in [-0.4, -0.2) is 41.4 Å². The second kappa shape index (κ2) is 17.5. The molecular weight excluding hydrogens is 262 g/mol. The summed E-state index contributed by atoms with van der Waals surface area (Å²) >= 11 is 0. The number of hydrogen-bond acceptors (Lipinski definition) is 3. The third-order valence-corrected chi connectivity index (χ3v) is 3.81. The van der Waals surface area contributed by atoms with Crippen LogP contribution in [0.1, 0.15) is 77.6 Å². The molecule has 21 heavy (non-hydrogen) atoms. The van der Waals surface area contributed by atoms with Crippen molar-refractivity contribution in [2.45, 2.75) is 77.6 Å². The average molecular weight is 299 g/mol. The van der Waals surface area contributed by atoms with Gasteiger partial charge < -0.3 is 15.1 Å². The van der Waals surface area contributed by atoms with Gasteiger partial charge in [0.15, 0.2) is 0 Å². The van der Waals surface area contributed by atoms with Gasteiger partial charge in [-0.2, -0.15) is 0 Å². The largest absolute Gasteiger partial charge is 0.395 e. The Morgan fingerprint density at radius 1 is 0.714 bits per heavy atom. The molecule has 0 unspecified atom stereocenters. The van der Waals surface area contributed by atoms with Gasteiger partial charge in [-0.15, -0.1) is 0 Å². The van der Waals surface area contributed by atoms with Crippen molar-refractivity contribution in [2.24, 2.45) is 0 Å². The van der Waals surface area contributed by atoms with E-state index in [9.17, 15) is 0 Å². The van der Waals surface area contributed by atoms with E-state index in [4.69, 9.17) is 10.2 Å². The zero-order valence-corrected chi connectivity index (χ0v) is 14.1. The monoisotopic (exact) mass is 299 g/mol. The second-order valence-electron chi connectivity index (χ2n) is 5.84. The van der Waals surface area contributed by atoms with Crippen molar-refractivity contribution < 1.29 is 10.2 Å². The molecule has 0 rings (SSSR count). The first-order valence-electron chi connectivity index (χ1n) is 8.97. The molecule has 0 saturated carbocycles. The summed E-state index contributed by atoms with van der Waals surface area (Å²) in [5.74, 6) is 0. The molecule has 0 aliphatic heterocycles. The lowest BCUT2D eigenvalue weighted by atomic mass is 10.1. The Balaban J connectivity index is 3.30. The molecule has 0 saturated heterocycles. The van der Waals surface area contributed by atoms with Gasteiger partial charge in [-0.3, -0.25) is 0 Å². The number of rotatable bonds is 16. The van der Waals surface area contributed by atoms with Gasteiger partial charge in [0, 0.05) is 13.1 Å². The summed E-state index contributed by atoms with van der Waals surface area (Å²) in [4.78, 5) is 1.97. The zero-order chi connectivity index (χ0) is 15.6. The van der Waals surface area contributed by atoms with Crippen LogP contribution in [0.5, 0.6) is 0 Å². The van der Waals surface area contributed by atoms with Crippen molar-refractivity contribution >= 4 is 0 Å². The number of hydrogen-bond donors (Lipinski definition) is 2. The van der Waals surface area contributed by atoms with Gasteiger partial charge in [0.1, 0.15) is 0 Å². The summed E-state index contributed by atoms with van der Waals surface area (Å²) in [6.07, 6.45) is 19.0. The van der Waals surface area contributed by atoms with E-state index in [0.29, 0.717) is 13.1 Å². The zero-order valence-electron chi connectivity index (χ0n) is 14.1. The normalized spacial score (nSPS) is 11.4. The molecule has 0 spiro atoms. The van der Waals surface area contributed by atoms with E-state index in [-0.39, 0.29) is 13.2 Å². The quantitative estimate of drug-likeness (QED) is 0.422. The predicted octanol–water partition coefficient (Wildman–Crippen LogP) is 4.10. The molecule has 126 valence electrons. The molecule has 0 fully saturated rings. The Morgan fingerprint density at radius 2 is 1.19 bits per heavy atom. The maximum Gasteiger partial charge on any atom is 0.0606 e. The van der Waals surface area contributed by atoms with Gasteiger partial charge >= 0.3 is 0 Å². The third kappa shape index (κ3) is 15.7. The van der Waals surface area contributed by atoms with E-state index >= 15 is 0 Å². The molecule has 0 aliphatic carbocycles. The van der Waals surface area contributed by atoms with Gasteiger partial charge in [0.05, 0.1) is 13.2 Å². The summed E-state index contributed by atoms with van der Waals surface area (Å²) in [6, 6.07) is 0. The van der Waals surface area contributed by atoms with E-state index in [0.717, 1.165) is 6.42 Å². The molecule has 3 nitrogen and oxygen atoms in total. The van der Waals surface area contributed by atoms with Crippen molar-refractivity contribution in [1.82, 2.24) is 4.90 Å². The second-order valence-corrected chi connectivity index (χ2v) is 5.84. The Kier molecular flexibility index (Phi) is 17.1. The Labute approximate surface area is 132 Å². The Bertz CT molecular complexity index is 213. The van der Waals surface area contributed by atoms with Crippen LogP contribution in [0.4, 0.5) is 0 Å². The lowest BCUT2D eigenvalue weighted by molar-refractivity contribution is 0.198. The van der Waals surface area contributed by atoms with Gasteiger partial charge in [-0.05, 0) is 19.0 Å². The molecule has 0 radical (unpaired) electrons. The third-order valence-electron chi connectivity index (χ3n) is 3.81. The molecule has 3 heteroatoms. The lowest BCUT2D eigenvalue weighted by Crippen LogP contribution is -2.24. The molecule has 0 aliphatic rings. The van der Waals surface area contributed by atoms with Crippen molar-refractivity contribution in [3.05, 3.63) is 12.3 Å². The molecule has 0 aromatic rings. The topological polar surface area (TPSA) is 43.7 Å². The molecule has 0 bridgehead atoms. The first kappa shape index (κ1) is 20.5. The van der Waals surface area contributed by atoms with Crippen LogP contribution in [0, 0.1) is 0 Å². The number of unbranched alkanes of at least 4 members (excludes halogenated alkanes) is 10. The SMILES string of the molecule is CCCCCCCCCCCCC=CN(CCO)CCO. The predicted molar refractivity (Wildman–Crippen MR) is 91.3 cm³/mol. The van der Waals surface area contributed by atoms with Crippen LogP contribution in [0.15, 0.2) is 12.3 Å². The van der Waals surface area contributed by atoms with Gasteiger partial charge in [-0.25, -0.2) is 0 Å². The summed E-state index contributed by atoms with van der Waals surface area (Å²) < 4.78 is 0. The van der Waals surface area contributed by atoms with E-state index < -0.39 is 0 Å². The van der Waals surface area contributed by atoms with Gasteiger partial charge in [0.25, 0.3) is 0 Å². The van der Waals surface area contributed by atoms with E-state index in [2.05, 4.69) is 13.0 Å². The van der Waals surface area contributed by atoms with Crippen LogP contribution < -0.4 is 0 Å². The summed E-state index contributed by atoms with van der Waals surface area (Å²) in [7, 11) is 0. The number of allylic oxidation sites excluding steroid dienone is 1. The van der Waals surface area contributed by atoms with Crippen LogP contribution in [0.2, 0.25) is 0 Å². The van der Waals surface area contributed by atoms with E-state index in [1.165, 1.54) is 64.2 Å². The standard InChI is InChI=1S/C18H37NO2/c1-2-3-4-5-6-7-8-9-10-11-12-13-14-19(15-17-20)16-18-21/h13-14,20-21H,2-12,15-18H2,1H3. The number of aliphatic hydroxyl groups excluding tert-OH is 2. The van der Waals surface area contributed by atoms with Crippen molar-refractivity contribution in [2.75, 3.05) is 26.3 Å². The first-order valence-corrected chi connectivity index (χ1v) is 8.97. The molecular formula is C18H37NO2. The summed E-state index contributed by atoms with van der Waals surface area (Å²) in [6.45, 7) is 3.76. The van der Waals surface area contributed by atoms with Crippen LogP contribution >= 0.6 is 0 Å². The highest BCUT2D eigenvalue weighted by Crippen LogP contribution is 2.11. The van der Waals surface area contributed by atoms with Gasteiger partial charge in [0.2, 0.25) is 0 Å². The number of aliphatic hydroxyl groups is 2.